The quantitative estimate of drug-likeness (QED) is 0.422. The van der Waals surface area contributed by atoms with Crippen molar-refractivity contribution >= 4 is 12.3 Å². The first kappa shape index (κ1) is 11.3. The second-order valence-corrected chi connectivity index (χ2v) is 3.19. The minimum absolute atomic E-state index is 0.452. The lowest BCUT2D eigenvalue weighted by molar-refractivity contribution is 0.574. The first-order chi connectivity index (χ1) is 7.10. The summed E-state index contributed by atoms with van der Waals surface area (Å²) in [5.74, 6) is -0.452. The second kappa shape index (κ2) is 4.64. The summed E-state index contributed by atoms with van der Waals surface area (Å²) in [5.41, 5.74) is 2.87. The van der Waals surface area contributed by atoms with E-state index in [2.05, 4.69) is 23.3 Å². The van der Waals surface area contributed by atoms with Gasteiger partial charge in [0.2, 0.25) is 5.95 Å². The van der Waals surface area contributed by atoms with Gasteiger partial charge in [-0.2, -0.15) is 4.39 Å². The van der Waals surface area contributed by atoms with Gasteiger partial charge < -0.3 is 0 Å². The van der Waals surface area contributed by atoms with Crippen LogP contribution >= 0.6 is 0 Å². The van der Waals surface area contributed by atoms with Crippen molar-refractivity contribution in [2.75, 3.05) is 0 Å². The molecule has 0 unspecified atom stereocenters. The zero-order valence-corrected chi connectivity index (χ0v) is 8.92. The maximum absolute atomic E-state index is 13.0. The van der Waals surface area contributed by atoms with Crippen LogP contribution in [0.5, 0.6) is 0 Å². The molecular formula is C12H13FN2. The molecule has 0 radical (unpaired) electrons. The summed E-state index contributed by atoms with van der Waals surface area (Å²) < 4.78 is 13.0. The predicted molar refractivity (Wildman–Crippen MR) is 61.3 cm³/mol. The molecule has 0 aliphatic heterocycles. The van der Waals surface area contributed by atoms with Crippen molar-refractivity contribution in [3.8, 4) is 0 Å². The molecule has 0 spiro atoms. The van der Waals surface area contributed by atoms with Gasteiger partial charge in [-0.3, -0.25) is 4.99 Å². The molecule has 0 saturated carbocycles. The molecule has 1 aromatic heterocycles. The lowest BCUT2D eigenvalue weighted by Gasteiger charge is -2.05. The maximum Gasteiger partial charge on any atom is 0.215 e. The average molecular weight is 204 g/mol. The SMILES string of the molecule is C=C/C(=C(/C)N=C)c1cnc(F)c(C)c1. The number of rotatable bonds is 3. The van der Waals surface area contributed by atoms with Crippen molar-refractivity contribution in [2.45, 2.75) is 13.8 Å². The van der Waals surface area contributed by atoms with Crippen LogP contribution in [-0.2, 0) is 0 Å². The molecule has 0 N–H and O–H groups in total. The van der Waals surface area contributed by atoms with Gasteiger partial charge in [-0.15, -0.1) is 0 Å². The van der Waals surface area contributed by atoms with Gasteiger partial charge in [-0.25, -0.2) is 4.98 Å². The Labute approximate surface area is 88.9 Å². The highest BCUT2D eigenvalue weighted by Gasteiger charge is 2.05. The molecule has 0 atom stereocenters. The van der Waals surface area contributed by atoms with Crippen molar-refractivity contribution in [3.63, 3.8) is 0 Å². The number of allylic oxidation sites excluding steroid dienone is 3. The number of halogens is 1. The largest absolute Gasteiger partial charge is 0.269 e. The van der Waals surface area contributed by atoms with Gasteiger partial charge in [0.15, 0.2) is 0 Å². The fourth-order valence-electron chi connectivity index (χ4n) is 1.27. The van der Waals surface area contributed by atoms with E-state index >= 15 is 0 Å². The van der Waals surface area contributed by atoms with Crippen molar-refractivity contribution in [1.82, 2.24) is 4.98 Å². The third-order valence-corrected chi connectivity index (χ3v) is 2.16. The van der Waals surface area contributed by atoms with Crippen LogP contribution in [0.15, 0.2) is 35.6 Å². The van der Waals surface area contributed by atoms with Crippen molar-refractivity contribution in [3.05, 3.63) is 47.7 Å². The molecule has 78 valence electrons. The van der Waals surface area contributed by atoms with Crippen LogP contribution in [0.1, 0.15) is 18.1 Å². The lowest BCUT2D eigenvalue weighted by Crippen LogP contribution is -1.92. The van der Waals surface area contributed by atoms with Gasteiger partial charge in [-0.05, 0) is 26.6 Å². The Hall–Kier alpha value is -1.77. The normalized spacial score (nSPS) is 11.9. The third-order valence-electron chi connectivity index (χ3n) is 2.16. The minimum atomic E-state index is -0.452. The highest BCUT2D eigenvalue weighted by molar-refractivity contribution is 5.76. The predicted octanol–water partition coefficient (Wildman–Crippen LogP) is 3.15. The topological polar surface area (TPSA) is 25.2 Å². The Morgan fingerprint density at radius 1 is 1.60 bits per heavy atom. The van der Waals surface area contributed by atoms with Crippen LogP contribution in [-0.4, -0.2) is 11.7 Å². The Balaban J connectivity index is 3.32. The highest BCUT2D eigenvalue weighted by Crippen LogP contribution is 2.21. The number of aromatic nitrogens is 1. The number of aryl methyl sites for hydroxylation is 1. The van der Waals surface area contributed by atoms with Gasteiger partial charge >= 0.3 is 0 Å². The van der Waals surface area contributed by atoms with E-state index in [1.54, 1.807) is 19.1 Å². The summed E-state index contributed by atoms with van der Waals surface area (Å²) >= 11 is 0. The Bertz CT molecular complexity index is 433. The van der Waals surface area contributed by atoms with E-state index in [1.807, 2.05) is 6.92 Å². The van der Waals surface area contributed by atoms with Crippen molar-refractivity contribution < 1.29 is 4.39 Å². The lowest BCUT2D eigenvalue weighted by atomic mass is 10.0. The first-order valence-electron chi connectivity index (χ1n) is 4.52. The number of hydrogen-bond acceptors (Lipinski definition) is 2. The zero-order valence-electron chi connectivity index (χ0n) is 8.92. The van der Waals surface area contributed by atoms with Gasteiger partial charge in [0.1, 0.15) is 0 Å². The van der Waals surface area contributed by atoms with E-state index in [-0.39, 0.29) is 0 Å². The number of aliphatic imine (C=N–C) groups is 1. The summed E-state index contributed by atoms with van der Waals surface area (Å²) in [6.07, 6.45) is 3.13. The molecule has 1 heterocycles. The van der Waals surface area contributed by atoms with Gasteiger partial charge in [-0.1, -0.05) is 12.7 Å². The third kappa shape index (κ3) is 2.37. The Morgan fingerprint density at radius 2 is 2.27 bits per heavy atom. The van der Waals surface area contributed by atoms with Crippen molar-refractivity contribution in [1.29, 1.82) is 0 Å². The molecular weight excluding hydrogens is 191 g/mol. The average Bonchev–Trinajstić information content (AvgIpc) is 2.24. The molecule has 1 aromatic rings. The van der Waals surface area contributed by atoms with Crippen LogP contribution in [0.2, 0.25) is 0 Å². The van der Waals surface area contributed by atoms with Crippen LogP contribution in [0.25, 0.3) is 5.57 Å². The van der Waals surface area contributed by atoms with Crippen LogP contribution in [0.4, 0.5) is 4.39 Å². The molecule has 3 heteroatoms. The van der Waals surface area contributed by atoms with E-state index in [0.717, 1.165) is 16.8 Å². The zero-order chi connectivity index (χ0) is 11.4. The van der Waals surface area contributed by atoms with Crippen LogP contribution < -0.4 is 0 Å². The van der Waals surface area contributed by atoms with E-state index < -0.39 is 5.95 Å². The molecule has 0 aromatic carbocycles. The fourth-order valence-corrected chi connectivity index (χ4v) is 1.27. The monoisotopic (exact) mass is 204 g/mol. The smallest absolute Gasteiger partial charge is 0.215 e. The molecule has 2 nitrogen and oxygen atoms in total. The van der Waals surface area contributed by atoms with Crippen LogP contribution in [0.3, 0.4) is 0 Å². The summed E-state index contributed by atoms with van der Waals surface area (Å²) in [6, 6.07) is 1.72. The van der Waals surface area contributed by atoms with E-state index in [1.165, 1.54) is 6.20 Å². The fraction of sp³-hybridized carbons (Fsp3) is 0.167. The number of nitrogens with zero attached hydrogens (tertiary/aromatic N) is 2. The van der Waals surface area contributed by atoms with Crippen molar-refractivity contribution in [2.24, 2.45) is 4.99 Å². The van der Waals surface area contributed by atoms with E-state index in [0.29, 0.717) is 5.56 Å². The summed E-state index contributed by atoms with van der Waals surface area (Å²) in [5, 5.41) is 0. The molecule has 15 heavy (non-hydrogen) atoms. The molecule has 0 saturated heterocycles. The molecule has 0 bridgehead atoms. The van der Waals surface area contributed by atoms with E-state index in [4.69, 9.17) is 0 Å². The second-order valence-electron chi connectivity index (χ2n) is 3.19. The number of pyridine rings is 1. The van der Waals surface area contributed by atoms with Crippen LogP contribution in [0, 0.1) is 12.9 Å². The first-order valence-corrected chi connectivity index (χ1v) is 4.52. The summed E-state index contributed by atoms with van der Waals surface area (Å²) in [6.45, 7) is 10.6. The van der Waals surface area contributed by atoms with Gasteiger partial charge in [0, 0.05) is 28.6 Å². The van der Waals surface area contributed by atoms with Gasteiger partial charge in [0.05, 0.1) is 0 Å². The highest BCUT2D eigenvalue weighted by atomic mass is 19.1. The Kier molecular flexibility index (Phi) is 3.50. The molecule has 0 fully saturated rings. The maximum atomic E-state index is 13.0. The van der Waals surface area contributed by atoms with E-state index in [9.17, 15) is 4.39 Å². The summed E-state index contributed by atoms with van der Waals surface area (Å²) in [4.78, 5) is 7.48. The standard InChI is InChI=1S/C12H13FN2/c1-5-11(9(3)14-4)10-6-8(2)12(13)15-7-10/h5-7H,1,4H2,2-3H3/b11-9+. The van der Waals surface area contributed by atoms with Gasteiger partial charge in [0.25, 0.3) is 0 Å². The number of hydrogen-bond donors (Lipinski definition) is 0. The Morgan fingerprint density at radius 3 is 2.73 bits per heavy atom. The molecule has 1 rings (SSSR count). The summed E-state index contributed by atoms with van der Waals surface area (Å²) in [7, 11) is 0. The molecule has 0 amide bonds. The minimum Gasteiger partial charge on any atom is -0.269 e. The molecule has 0 aliphatic carbocycles. The molecule has 0 aliphatic rings.